The van der Waals surface area contributed by atoms with Crippen LogP contribution in [0.4, 0.5) is 17.1 Å². The van der Waals surface area contributed by atoms with Crippen LogP contribution in [0.5, 0.6) is 0 Å². The average molecular weight is 200 g/mol. The Hall–Kier alpha value is -1.09. The third-order valence-corrected chi connectivity index (χ3v) is 1.93. The fourth-order valence-electron chi connectivity index (χ4n) is 1.22. The van der Waals surface area contributed by atoms with Crippen LogP contribution in [0.25, 0.3) is 0 Å². The summed E-state index contributed by atoms with van der Waals surface area (Å²) in [4.78, 5) is 0. The van der Waals surface area contributed by atoms with Gasteiger partial charge in [-0.05, 0) is 24.6 Å². The van der Waals surface area contributed by atoms with Crippen molar-refractivity contribution in [3.63, 3.8) is 0 Å². The van der Waals surface area contributed by atoms with Crippen LogP contribution < -0.4 is 16.8 Å². The molecular formula is C9H14ClN3. The predicted molar refractivity (Wildman–Crippen MR) is 59.2 cm³/mol. The monoisotopic (exact) mass is 199 g/mol. The summed E-state index contributed by atoms with van der Waals surface area (Å²) in [6.07, 6.45) is 0. The molecule has 0 aliphatic carbocycles. The van der Waals surface area contributed by atoms with Gasteiger partial charge in [0.15, 0.2) is 0 Å². The smallest absolute Gasteiger partial charge is 0.0807 e. The minimum Gasteiger partial charge on any atom is -0.397 e. The Labute approximate surface area is 83.1 Å². The molecule has 0 heterocycles. The molecule has 0 fully saturated rings. The topological polar surface area (TPSA) is 64.1 Å². The van der Waals surface area contributed by atoms with Crippen LogP contribution in [0, 0.1) is 6.92 Å². The second kappa shape index (κ2) is 4.23. The van der Waals surface area contributed by atoms with E-state index in [1.165, 1.54) is 0 Å². The maximum Gasteiger partial charge on any atom is 0.0807 e. The quantitative estimate of drug-likeness (QED) is 0.514. The van der Waals surface area contributed by atoms with Gasteiger partial charge in [0, 0.05) is 12.4 Å². The third kappa shape index (κ3) is 2.42. The van der Waals surface area contributed by atoms with Gasteiger partial charge in [0.1, 0.15) is 0 Å². The molecule has 0 aliphatic rings. The van der Waals surface area contributed by atoms with E-state index >= 15 is 0 Å². The third-order valence-electron chi connectivity index (χ3n) is 1.74. The zero-order valence-electron chi connectivity index (χ0n) is 7.60. The molecule has 0 saturated heterocycles. The largest absolute Gasteiger partial charge is 0.397 e. The summed E-state index contributed by atoms with van der Waals surface area (Å²) in [5.74, 6) is 0.534. The number of anilines is 3. The summed E-state index contributed by atoms with van der Waals surface area (Å²) in [7, 11) is 0. The summed E-state index contributed by atoms with van der Waals surface area (Å²) < 4.78 is 0. The van der Waals surface area contributed by atoms with Crippen LogP contribution in [0.1, 0.15) is 5.56 Å². The molecule has 13 heavy (non-hydrogen) atoms. The van der Waals surface area contributed by atoms with E-state index in [9.17, 15) is 0 Å². The number of hydrogen-bond acceptors (Lipinski definition) is 3. The molecule has 1 aromatic carbocycles. The molecule has 1 aromatic rings. The fraction of sp³-hybridized carbons (Fsp3) is 0.333. The standard InChI is InChI=1S/C9H14ClN3/c1-6-4-7(11)9(8(12)5-6)13-3-2-10/h4-5,13H,2-3,11-12H2,1H3. The van der Waals surface area contributed by atoms with Crippen molar-refractivity contribution in [3.8, 4) is 0 Å². The Kier molecular flexibility index (Phi) is 3.25. The Balaban J connectivity index is 2.92. The van der Waals surface area contributed by atoms with Crippen molar-refractivity contribution in [1.29, 1.82) is 0 Å². The fourth-order valence-corrected chi connectivity index (χ4v) is 1.31. The van der Waals surface area contributed by atoms with Crippen LogP contribution in [0.3, 0.4) is 0 Å². The first-order valence-electron chi connectivity index (χ1n) is 4.10. The highest BCUT2D eigenvalue weighted by Gasteiger charge is 2.03. The number of nitrogen functional groups attached to an aromatic ring is 2. The van der Waals surface area contributed by atoms with E-state index in [1.807, 2.05) is 19.1 Å². The van der Waals surface area contributed by atoms with Crippen molar-refractivity contribution in [1.82, 2.24) is 0 Å². The van der Waals surface area contributed by atoms with Crippen LogP contribution in [0.15, 0.2) is 12.1 Å². The van der Waals surface area contributed by atoms with Gasteiger partial charge in [-0.25, -0.2) is 0 Å². The van der Waals surface area contributed by atoms with E-state index in [4.69, 9.17) is 23.1 Å². The highest BCUT2D eigenvalue weighted by molar-refractivity contribution is 6.18. The Morgan fingerprint density at radius 1 is 1.31 bits per heavy atom. The molecule has 0 saturated carbocycles. The second-order valence-corrected chi connectivity index (χ2v) is 3.31. The molecule has 72 valence electrons. The van der Waals surface area contributed by atoms with E-state index in [0.29, 0.717) is 23.8 Å². The lowest BCUT2D eigenvalue weighted by atomic mass is 10.1. The molecule has 0 bridgehead atoms. The first-order chi connectivity index (χ1) is 6.15. The number of benzene rings is 1. The lowest BCUT2D eigenvalue weighted by Crippen LogP contribution is -2.08. The highest BCUT2D eigenvalue weighted by Crippen LogP contribution is 2.27. The van der Waals surface area contributed by atoms with Crippen molar-refractivity contribution >= 4 is 28.7 Å². The molecule has 3 nitrogen and oxygen atoms in total. The SMILES string of the molecule is Cc1cc(N)c(NCCCl)c(N)c1. The Morgan fingerprint density at radius 3 is 2.31 bits per heavy atom. The van der Waals surface area contributed by atoms with Gasteiger partial charge in [-0.3, -0.25) is 0 Å². The zero-order chi connectivity index (χ0) is 9.84. The summed E-state index contributed by atoms with van der Waals surface area (Å²) >= 11 is 5.54. The van der Waals surface area contributed by atoms with E-state index < -0.39 is 0 Å². The second-order valence-electron chi connectivity index (χ2n) is 2.93. The van der Waals surface area contributed by atoms with Crippen LogP contribution >= 0.6 is 11.6 Å². The van der Waals surface area contributed by atoms with Gasteiger partial charge in [0.25, 0.3) is 0 Å². The molecule has 0 unspecified atom stereocenters. The van der Waals surface area contributed by atoms with E-state index in [0.717, 1.165) is 11.3 Å². The summed E-state index contributed by atoms with van der Waals surface area (Å²) in [6.45, 7) is 2.62. The number of alkyl halides is 1. The van der Waals surface area contributed by atoms with Crippen molar-refractivity contribution in [2.75, 3.05) is 29.2 Å². The normalized spacial score (nSPS) is 10.0. The van der Waals surface area contributed by atoms with Crippen molar-refractivity contribution < 1.29 is 0 Å². The molecule has 0 radical (unpaired) electrons. The summed E-state index contributed by atoms with van der Waals surface area (Å²) in [5.41, 5.74) is 14.7. The molecule has 5 N–H and O–H groups in total. The maximum atomic E-state index is 5.78. The van der Waals surface area contributed by atoms with Crippen molar-refractivity contribution in [3.05, 3.63) is 17.7 Å². The van der Waals surface area contributed by atoms with Crippen LogP contribution in [-0.2, 0) is 0 Å². The number of rotatable bonds is 3. The number of aryl methyl sites for hydroxylation is 1. The Morgan fingerprint density at radius 2 is 1.85 bits per heavy atom. The van der Waals surface area contributed by atoms with Crippen molar-refractivity contribution in [2.45, 2.75) is 6.92 Å². The lowest BCUT2D eigenvalue weighted by Gasteiger charge is -2.11. The van der Waals surface area contributed by atoms with E-state index in [-0.39, 0.29) is 0 Å². The molecule has 0 aliphatic heterocycles. The molecule has 4 heteroatoms. The van der Waals surface area contributed by atoms with Gasteiger partial charge < -0.3 is 16.8 Å². The molecule has 0 atom stereocenters. The average Bonchev–Trinajstić information content (AvgIpc) is 2.02. The zero-order valence-corrected chi connectivity index (χ0v) is 8.36. The maximum absolute atomic E-state index is 5.78. The van der Waals surface area contributed by atoms with E-state index in [2.05, 4.69) is 5.32 Å². The first kappa shape index (κ1) is 9.99. The first-order valence-corrected chi connectivity index (χ1v) is 4.64. The van der Waals surface area contributed by atoms with Crippen LogP contribution in [-0.4, -0.2) is 12.4 Å². The predicted octanol–water partition coefficient (Wildman–Crippen LogP) is 1.81. The van der Waals surface area contributed by atoms with Crippen molar-refractivity contribution in [2.24, 2.45) is 0 Å². The molecule has 0 amide bonds. The molecular weight excluding hydrogens is 186 g/mol. The molecule has 0 spiro atoms. The summed E-state index contributed by atoms with van der Waals surface area (Å²) in [6, 6.07) is 3.76. The van der Waals surface area contributed by atoms with Gasteiger partial charge >= 0.3 is 0 Å². The minimum absolute atomic E-state index is 0.534. The minimum atomic E-state index is 0.534. The highest BCUT2D eigenvalue weighted by atomic mass is 35.5. The Bertz CT molecular complexity index is 276. The van der Waals surface area contributed by atoms with Gasteiger partial charge in [-0.15, -0.1) is 11.6 Å². The number of hydrogen-bond donors (Lipinski definition) is 3. The number of nitrogens with two attached hydrogens (primary N) is 2. The van der Waals surface area contributed by atoms with Gasteiger partial charge in [0.05, 0.1) is 17.1 Å². The number of halogens is 1. The van der Waals surface area contributed by atoms with Gasteiger partial charge in [0.2, 0.25) is 0 Å². The van der Waals surface area contributed by atoms with Gasteiger partial charge in [-0.1, -0.05) is 0 Å². The van der Waals surface area contributed by atoms with Crippen LogP contribution in [0.2, 0.25) is 0 Å². The van der Waals surface area contributed by atoms with Gasteiger partial charge in [-0.2, -0.15) is 0 Å². The molecule has 1 rings (SSSR count). The number of nitrogens with one attached hydrogen (secondary N) is 1. The summed E-state index contributed by atoms with van der Waals surface area (Å²) in [5, 5.41) is 3.08. The lowest BCUT2D eigenvalue weighted by molar-refractivity contribution is 1.22. The molecule has 0 aromatic heterocycles. The van der Waals surface area contributed by atoms with E-state index in [1.54, 1.807) is 0 Å².